The first-order valence-electron chi connectivity index (χ1n) is 8.66. The predicted octanol–water partition coefficient (Wildman–Crippen LogP) is 3.90. The molecule has 8 heteroatoms. The third-order valence-corrected chi connectivity index (χ3v) is 3.93. The van der Waals surface area contributed by atoms with E-state index in [1.165, 1.54) is 43.2 Å². The summed E-state index contributed by atoms with van der Waals surface area (Å²) >= 11 is 0. The molecule has 0 aliphatic rings. The van der Waals surface area contributed by atoms with Gasteiger partial charge < -0.3 is 19.1 Å². The molecule has 2 rings (SSSR count). The van der Waals surface area contributed by atoms with Crippen LogP contribution in [0.1, 0.15) is 12.5 Å². The summed E-state index contributed by atoms with van der Waals surface area (Å²) in [6.07, 6.45) is 1.55. The molecule has 1 amide bonds. The molecule has 0 aliphatic heterocycles. The number of rotatable bonds is 8. The standard InChI is InChI=1S/C21H21F2NO5/c1-14(20(26)24(2)16-7-5-4-6-8-16)28-19(25)12-10-15-9-11-17(29-21(22)23)18(13-15)27-3/h4-14,21H,1-3H3/b12-10+. The highest BCUT2D eigenvalue weighted by atomic mass is 19.3. The van der Waals surface area contributed by atoms with Crippen LogP contribution in [0.4, 0.5) is 14.5 Å². The highest BCUT2D eigenvalue weighted by Gasteiger charge is 2.21. The van der Waals surface area contributed by atoms with E-state index in [0.29, 0.717) is 11.3 Å². The molecule has 2 aromatic carbocycles. The molecule has 0 radical (unpaired) electrons. The van der Waals surface area contributed by atoms with E-state index >= 15 is 0 Å². The summed E-state index contributed by atoms with van der Waals surface area (Å²) in [7, 11) is 2.90. The van der Waals surface area contributed by atoms with Gasteiger partial charge in [-0.2, -0.15) is 8.78 Å². The summed E-state index contributed by atoms with van der Waals surface area (Å²) < 4.78 is 39.2. The zero-order chi connectivity index (χ0) is 21.4. The number of halogens is 2. The Balaban J connectivity index is 1.99. The zero-order valence-corrected chi connectivity index (χ0v) is 16.2. The molecule has 0 spiro atoms. The molecule has 1 unspecified atom stereocenters. The van der Waals surface area contributed by atoms with Crippen molar-refractivity contribution in [2.24, 2.45) is 0 Å². The van der Waals surface area contributed by atoms with Crippen LogP contribution in [0.25, 0.3) is 6.08 Å². The van der Waals surface area contributed by atoms with Gasteiger partial charge >= 0.3 is 12.6 Å². The number of amides is 1. The van der Waals surface area contributed by atoms with Gasteiger partial charge in [-0.05, 0) is 42.8 Å². The van der Waals surface area contributed by atoms with Crippen LogP contribution in [0.3, 0.4) is 0 Å². The number of para-hydroxylation sites is 1. The number of benzene rings is 2. The third kappa shape index (κ3) is 6.31. The van der Waals surface area contributed by atoms with E-state index in [0.717, 1.165) is 6.08 Å². The van der Waals surface area contributed by atoms with E-state index in [4.69, 9.17) is 9.47 Å². The summed E-state index contributed by atoms with van der Waals surface area (Å²) in [4.78, 5) is 25.8. The van der Waals surface area contributed by atoms with Crippen LogP contribution in [-0.2, 0) is 14.3 Å². The van der Waals surface area contributed by atoms with Crippen molar-refractivity contribution in [2.45, 2.75) is 19.6 Å². The largest absolute Gasteiger partial charge is 0.493 e. The van der Waals surface area contributed by atoms with Crippen molar-refractivity contribution in [3.63, 3.8) is 0 Å². The first-order chi connectivity index (χ1) is 13.8. The van der Waals surface area contributed by atoms with Crippen molar-refractivity contribution < 1.29 is 32.6 Å². The first-order valence-corrected chi connectivity index (χ1v) is 8.66. The Morgan fingerprint density at radius 1 is 1.07 bits per heavy atom. The minimum Gasteiger partial charge on any atom is -0.493 e. The lowest BCUT2D eigenvalue weighted by Crippen LogP contribution is -2.37. The fourth-order valence-electron chi connectivity index (χ4n) is 2.46. The van der Waals surface area contributed by atoms with E-state index in [9.17, 15) is 18.4 Å². The van der Waals surface area contributed by atoms with Crippen molar-refractivity contribution in [1.82, 2.24) is 0 Å². The Kier molecular flexibility index (Phi) is 7.70. The molecule has 2 aromatic rings. The van der Waals surface area contributed by atoms with E-state index in [-0.39, 0.29) is 17.4 Å². The zero-order valence-electron chi connectivity index (χ0n) is 16.2. The lowest BCUT2D eigenvalue weighted by atomic mass is 10.2. The second kappa shape index (κ2) is 10.2. The van der Waals surface area contributed by atoms with E-state index < -0.39 is 18.7 Å². The third-order valence-electron chi connectivity index (χ3n) is 3.93. The van der Waals surface area contributed by atoms with Crippen LogP contribution in [0.15, 0.2) is 54.6 Å². The Bertz CT molecular complexity index is 871. The van der Waals surface area contributed by atoms with Gasteiger partial charge in [-0.3, -0.25) is 4.79 Å². The molecule has 29 heavy (non-hydrogen) atoms. The van der Waals surface area contributed by atoms with Crippen LogP contribution in [0.2, 0.25) is 0 Å². The molecule has 0 fully saturated rings. The molecule has 0 heterocycles. The summed E-state index contributed by atoms with van der Waals surface area (Å²) in [6.45, 7) is -1.50. The lowest BCUT2D eigenvalue weighted by molar-refractivity contribution is -0.148. The molecule has 6 nitrogen and oxygen atoms in total. The molecule has 0 saturated heterocycles. The molecule has 0 saturated carbocycles. The monoisotopic (exact) mass is 405 g/mol. The molecule has 154 valence electrons. The second-order valence-corrected chi connectivity index (χ2v) is 5.93. The number of carbonyl (C=O) groups is 2. The van der Waals surface area contributed by atoms with Crippen molar-refractivity contribution in [2.75, 3.05) is 19.1 Å². The number of esters is 1. The topological polar surface area (TPSA) is 65.1 Å². The SMILES string of the molecule is COc1cc(/C=C/C(=O)OC(C)C(=O)N(C)c2ccccc2)ccc1OC(F)F. The summed E-state index contributed by atoms with van der Waals surface area (Å²) in [6, 6.07) is 13.2. The summed E-state index contributed by atoms with van der Waals surface area (Å²) in [5.41, 5.74) is 1.18. The Morgan fingerprint density at radius 3 is 2.38 bits per heavy atom. The summed E-state index contributed by atoms with van der Waals surface area (Å²) in [5.74, 6) is -1.13. The maximum Gasteiger partial charge on any atom is 0.387 e. The van der Waals surface area contributed by atoms with Crippen LogP contribution >= 0.6 is 0 Å². The van der Waals surface area contributed by atoms with Crippen LogP contribution < -0.4 is 14.4 Å². The molecular weight excluding hydrogens is 384 g/mol. The van der Waals surface area contributed by atoms with Gasteiger partial charge in [0.25, 0.3) is 5.91 Å². The summed E-state index contributed by atoms with van der Waals surface area (Å²) in [5, 5.41) is 0. The maximum absolute atomic E-state index is 12.4. The minimum atomic E-state index is -2.98. The second-order valence-electron chi connectivity index (χ2n) is 5.93. The smallest absolute Gasteiger partial charge is 0.387 e. The number of likely N-dealkylation sites (N-methyl/N-ethyl adjacent to an activating group) is 1. The average Bonchev–Trinajstić information content (AvgIpc) is 2.72. The molecule has 1 atom stereocenters. The number of alkyl halides is 2. The van der Waals surface area contributed by atoms with Gasteiger partial charge in [-0.15, -0.1) is 0 Å². The number of anilines is 1. The number of hydrogen-bond donors (Lipinski definition) is 0. The predicted molar refractivity (Wildman–Crippen MR) is 104 cm³/mol. The normalized spacial score (nSPS) is 11.9. The van der Waals surface area contributed by atoms with E-state index in [1.54, 1.807) is 31.3 Å². The maximum atomic E-state index is 12.4. The first kappa shape index (κ1) is 21.9. The number of methoxy groups -OCH3 is 1. The fourth-order valence-corrected chi connectivity index (χ4v) is 2.46. The number of hydrogen-bond acceptors (Lipinski definition) is 5. The van der Waals surface area contributed by atoms with Crippen LogP contribution in [0.5, 0.6) is 11.5 Å². The van der Waals surface area contributed by atoms with Gasteiger partial charge in [0.05, 0.1) is 7.11 Å². The van der Waals surface area contributed by atoms with E-state index in [2.05, 4.69) is 4.74 Å². The Morgan fingerprint density at radius 2 is 1.76 bits per heavy atom. The Hall–Kier alpha value is -3.42. The van der Waals surface area contributed by atoms with Crippen molar-refractivity contribution in [1.29, 1.82) is 0 Å². The molecule has 0 aromatic heterocycles. The average molecular weight is 405 g/mol. The van der Waals surface area contributed by atoms with Gasteiger partial charge in [-0.1, -0.05) is 24.3 Å². The number of ether oxygens (including phenoxy) is 3. The highest BCUT2D eigenvalue weighted by Crippen LogP contribution is 2.29. The number of carbonyl (C=O) groups excluding carboxylic acids is 2. The molecule has 0 N–H and O–H groups in total. The quantitative estimate of drug-likeness (QED) is 0.492. The van der Waals surface area contributed by atoms with Gasteiger partial charge in [0.15, 0.2) is 17.6 Å². The highest BCUT2D eigenvalue weighted by molar-refractivity contribution is 5.98. The van der Waals surface area contributed by atoms with Crippen LogP contribution in [0, 0.1) is 0 Å². The van der Waals surface area contributed by atoms with Crippen molar-refractivity contribution >= 4 is 23.6 Å². The van der Waals surface area contributed by atoms with Crippen molar-refractivity contribution in [3.8, 4) is 11.5 Å². The number of nitrogens with zero attached hydrogens (tertiary/aromatic N) is 1. The van der Waals surface area contributed by atoms with Crippen LogP contribution in [-0.4, -0.2) is 38.7 Å². The molecule has 0 aliphatic carbocycles. The van der Waals surface area contributed by atoms with E-state index in [1.807, 2.05) is 6.07 Å². The van der Waals surface area contributed by atoms with Crippen molar-refractivity contribution in [3.05, 3.63) is 60.2 Å². The lowest BCUT2D eigenvalue weighted by Gasteiger charge is -2.21. The molecule has 0 bridgehead atoms. The van der Waals surface area contributed by atoms with Gasteiger partial charge in [0, 0.05) is 18.8 Å². The van der Waals surface area contributed by atoms with Gasteiger partial charge in [0.1, 0.15) is 0 Å². The molecular formula is C21H21F2NO5. The van der Waals surface area contributed by atoms with Gasteiger partial charge in [0.2, 0.25) is 0 Å². The Labute approximate surface area is 167 Å². The fraction of sp³-hybridized carbons (Fsp3) is 0.238. The minimum absolute atomic E-state index is 0.0915. The van der Waals surface area contributed by atoms with Gasteiger partial charge in [-0.25, -0.2) is 4.79 Å².